The minimum Gasteiger partial charge on any atom is -1.00 e. The van der Waals surface area contributed by atoms with Gasteiger partial charge in [-0.25, -0.2) is 0 Å². The van der Waals surface area contributed by atoms with Crippen molar-refractivity contribution in [3.8, 4) is 0 Å². The zero-order valence-corrected chi connectivity index (χ0v) is 34.5. The highest BCUT2D eigenvalue weighted by atomic mass is 79.9. The molecule has 2 aliphatic rings. The highest BCUT2D eigenvalue weighted by molar-refractivity contribution is 4.97. The Kier molecular flexibility index (Phi) is 18.4. The summed E-state index contributed by atoms with van der Waals surface area (Å²) >= 11 is 0. The number of halogens is 2. The highest BCUT2D eigenvalue weighted by Gasteiger charge is 2.46. The Balaban J connectivity index is 0.0000101. The second kappa shape index (κ2) is 18.2. The SMILES string of the molecule is CC1(C)CC(OCC(O)C[N+](C)(C)CCCCCC[N+](C)(C)CC(O)COC2CC(C)(C)N(O)C(C)(C)C2)CC(C)(C)N1O.[Br-].[Br-]. The van der Waals surface area contributed by atoms with Crippen LogP contribution < -0.4 is 34.0 Å². The number of hydrogen-bond donors (Lipinski definition) is 4. The molecular formula is C34H72Br2N4O6. The minimum atomic E-state index is -0.516. The van der Waals surface area contributed by atoms with E-state index in [1.54, 1.807) is 0 Å². The first-order chi connectivity index (χ1) is 19.9. The molecule has 0 aliphatic carbocycles. The maximum absolute atomic E-state index is 10.8. The maximum atomic E-state index is 10.8. The van der Waals surface area contributed by atoms with Crippen LogP contribution in [0.25, 0.3) is 0 Å². The van der Waals surface area contributed by atoms with Gasteiger partial charge in [0.25, 0.3) is 0 Å². The van der Waals surface area contributed by atoms with E-state index in [9.17, 15) is 20.6 Å². The molecule has 0 aromatic carbocycles. The van der Waals surface area contributed by atoms with Gasteiger partial charge in [-0.1, -0.05) is 0 Å². The third kappa shape index (κ3) is 14.8. The van der Waals surface area contributed by atoms with Gasteiger partial charge in [0.2, 0.25) is 0 Å². The highest BCUT2D eigenvalue weighted by Crippen LogP contribution is 2.39. The van der Waals surface area contributed by atoms with Crippen LogP contribution in [0.4, 0.5) is 0 Å². The number of rotatable bonds is 17. The van der Waals surface area contributed by atoms with E-state index in [1.807, 2.05) is 55.4 Å². The first-order valence-electron chi connectivity index (χ1n) is 17.1. The van der Waals surface area contributed by atoms with E-state index in [4.69, 9.17) is 9.47 Å². The van der Waals surface area contributed by atoms with Gasteiger partial charge in [-0.3, -0.25) is 0 Å². The molecule has 2 rings (SSSR count). The van der Waals surface area contributed by atoms with Crippen LogP contribution in [-0.2, 0) is 9.47 Å². The second-order valence-corrected chi connectivity index (χ2v) is 18.0. The molecule has 2 atom stereocenters. The van der Waals surface area contributed by atoms with Gasteiger partial charge in [0, 0.05) is 22.2 Å². The summed E-state index contributed by atoms with van der Waals surface area (Å²) in [5.41, 5.74) is -1.43. The smallest absolute Gasteiger partial charge is 0.126 e. The van der Waals surface area contributed by atoms with Gasteiger partial charge < -0.3 is 73.0 Å². The summed E-state index contributed by atoms with van der Waals surface area (Å²) in [6, 6.07) is 0. The molecule has 0 aromatic rings. The number of aliphatic hydroxyl groups excluding tert-OH is 2. The summed E-state index contributed by atoms with van der Waals surface area (Å²) in [6.45, 7) is 20.3. The third-order valence-electron chi connectivity index (χ3n) is 9.94. The molecular weight excluding hydrogens is 720 g/mol. The van der Waals surface area contributed by atoms with Crippen molar-refractivity contribution >= 4 is 0 Å². The lowest BCUT2D eigenvalue weighted by Gasteiger charge is -2.51. The quantitative estimate of drug-likeness (QED) is 0.102. The van der Waals surface area contributed by atoms with Gasteiger partial charge in [0.05, 0.1) is 66.7 Å². The number of likely N-dealkylation sites (N-methyl/N-ethyl adjacent to an activating group) is 2. The zero-order valence-electron chi connectivity index (χ0n) is 31.4. The Morgan fingerprint density at radius 3 is 1.09 bits per heavy atom. The second-order valence-electron chi connectivity index (χ2n) is 18.0. The third-order valence-corrected chi connectivity index (χ3v) is 9.94. The summed E-state index contributed by atoms with van der Waals surface area (Å²) in [4.78, 5) is 0. The molecule has 12 heteroatoms. The number of piperidine rings is 2. The van der Waals surface area contributed by atoms with Crippen molar-refractivity contribution in [3.63, 3.8) is 0 Å². The molecule has 2 fully saturated rings. The number of hydrogen-bond acceptors (Lipinski definition) is 8. The van der Waals surface area contributed by atoms with Crippen molar-refractivity contribution in [2.24, 2.45) is 0 Å². The summed E-state index contributed by atoms with van der Waals surface area (Å²) in [7, 11) is 8.72. The molecule has 2 aliphatic heterocycles. The molecule has 2 heterocycles. The average Bonchev–Trinajstić information content (AvgIpc) is 2.84. The number of ether oxygens (including phenoxy) is 2. The van der Waals surface area contributed by atoms with Crippen molar-refractivity contribution in [2.75, 3.05) is 67.6 Å². The number of nitrogens with zero attached hydrogens (tertiary/aromatic N) is 4. The van der Waals surface area contributed by atoms with Crippen molar-refractivity contribution in [1.82, 2.24) is 10.1 Å². The van der Waals surface area contributed by atoms with E-state index in [1.165, 1.54) is 10.1 Å². The average molecular weight is 793 g/mol. The standard InChI is InChI=1S/C34H72N4O6.2BrH/c1-31(2)19-29(20-32(3,4)35(31)41)43-25-27(39)23-37(9,10)17-15-13-14-16-18-38(11,12)24-28(40)26-44-30-21-33(5,6)36(42)34(7,8)22-30;;/h27-30,39-42H,13-26H2,1-12H3;2*1H/q+2;;/p-2. The Morgan fingerprint density at radius 2 is 0.826 bits per heavy atom. The topological polar surface area (TPSA) is 106 Å². The predicted molar refractivity (Wildman–Crippen MR) is 176 cm³/mol. The van der Waals surface area contributed by atoms with Gasteiger partial charge >= 0.3 is 0 Å². The Labute approximate surface area is 303 Å². The lowest BCUT2D eigenvalue weighted by Crippen LogP contribution is -3.00. The van der Waals surface area contributed by atoms with E-state index in [-0.39, 0.29) is 68.3 Å². The molecule has 2 saturated heterocycles. The molecule has 0 saturated carbocycles. The van der Waals surface area contributed by atoms with Crippen LogP contribution in [-0.4, -0.2) is 154 Å². The summed E-state index contributed by atoms with van der Waals surface area (Å²) in [6.07, 6.45) is 6.49. The van der Waals surface area contributed by atoms with E-state index in [0.717, 1.165) is 73.4 Å². The van der Waals surface area contributed by atoms with Gasteiger partial charge in [-0.2, -0.15) is 10.1 Å². The molecule has 0 amide bonds. The first kappa shape index (κ1) is 46.6. The first-order valence-corrected chi connectivity index (χ1v) is 17.1. The Bertz CT molecular complexity index is 784. The van der Waals surface area contributed by atoms with E-state index < -0.39 is 12.2 Å². The molecule has 4 N–H and O–H groups in total. The summed E-state index contributed by atoms with van der Waals surface area (Å²) in [5.74, 6) is 0. The van der Waals surface area contributed by atoms with Crippen LogP contribution in [0, 0.1) is 0 Å². The number of aliphatic hydroxyl groups is 2. The summed E-state index contributed by atoms with van der Waals surface area (Å²) in [5, 5.41) is 45.5. The van der Waals surface area contributed by atoms with Crippen LogP contribution in [0.3, 0.4) is 0 Å². The van der Waals surface area contributed by atoms with Crippen molar-refractivity contribution < 1.29 is 73.0 Å². The molecule has 0 radical (unpaired) electrons. The van der Waals surface area contributed by atoms with E-state index >= 15 is 0 Å². The summed E-state index contributed by atoms with van der Waals surface area (Å²) < 4.78 is 13.8. The lowest BCUT2D eigenvalue weighted by molar-refractivity contribution is -0.894. The molecule has 0 aromatic heterocycles. The molecule has 278 valence electrons. The number of hydroxylamine groups is 4. The van der Waals surface area contributed by atoms with Gasteiger partial charge in [0.15, 0.2) is 0 Å². The van der Waals surface area contributed by atoms with Crippen molar-refractivity contribution in [1.29, 1.82) is 0 Å². The van der Waals surface area contributed by atoms with Crippen molar-refractivity contribution in [3.05, 3.63) is 0 Å². The van der Waals surface area contributed by atoms with Gasteiger partial charge in [-0.15, -0.1) is 0 Å². The molecule has 46 heavy (non-hydrogen) atoms. The number of unbranched alkanes of at least 4 members (excludes halogenated alkanes) is 3. The Hall–Kier alpha value is 0.560. The lowest BCUT2D eigenvalue weighted by atomic mass is 9.80. The van der Waals surface area contributed by atoms with E-state index in [2.05, 4.69) is 28.2 Å². The van der Waals surface area contributed by atoms with Gasteiger partial charge in [-0.05, 0) is 107 Å². The predicted octanol–water partition coefficient (Wildman–Crippen LogP) is -1.72. The Morgan fingerprint density at radius 1 is 0.565 bits per heavy atom. The van der Waals surface area contributed by atoms with Crippen LogP contribution >= 0.6 is 0 Å². The zero-order chi connectivity index (χ0) is 33.8. The fourth-order valence-electron chi connectivity index (χ4n) is 7.95. The maximum Gasteiger partial charge on any atom is 0.126 e. The van der Waals surface area contributed by atoms with Crippen LogP contribution in [0.15, 0.2) is 0 Å². The van der Waals surface area contributed by atoms with Crippen LogP contribution in [0.1, 0.15) is 107 Å². The molecule has 2 unspecified atom stereocenters. The largest absolute Gasteiger partial charge is 1.00 e. The molecule has 10 nitrogen and oxygen atoms in total. The minimum absolute atomic E-state index is 0. The normalized spacial score (nSPS) is 23.7. The fraction of sp³-hybridized carbons (Fsp3) is 1.00. The van der Waals surface area contributed by atoms with Crippen LogP contribution in [0.5, 0.6) is 0 Å². The monoisotopic (exact) mass is 790 g/mol. The van der Waals surface area contributed by atoms with E-state index in [0.29, 0.717) is 26.3 Å². The number of quaternary nitrogens is 2. The fourth-order valence-corrected chi connectivity index (χ4v) is 7.95. The molecule has 0 spiro atoms. The van der Waals surface area contributed by atoms with Gasteiger partial charge in [0.1, 0.15) is 25.3 Å². The molecule has 0 bridgehead atoms. The van der Waals surface area contributed by atoms with Crippen LogP contribution in [0.2, 0.25) is 0 Å². The van der Waals surface area contributed by atoms with Crippen molar-refractivity contribution in [2.45, 2.75) is 153 Å².